The Bertz CT molecular complexity index is 611. The molecule has 1 aliphatic rings. The fraction of sp³-hybridized carbons (Fsp3) is 0.333. The number of aromatic nitrogens is 2. The third-order valence-corrected chi connectivity index (χ3v) is 3.29. The lowest BCUT2D eigenvalue weighted by Crippen LogP contribution is -2.31. The van der Waals surface area contributed by atoms with Crippen LogP contribution in [0.2, 0.25) is 0 Å². The normalized spacial score (nSPS) is 13.6. The third kappa shape index (κ3) is 2.39. The number of para-hydroxylation sites is 2. The summed E-state index contributed by atoms with van der Waals surface area (Å²) in [4.78, 5) is 11.4. The van der Waals surface area contributed by atoms with Gasteiger partial charge in [0.15, 0.2) is 0 Å². The van der Waals surface area contributed by atoms with E-state index in [2.05, 4.69) is 44.6 Å². The topological polar surface area (TPSA) is 53.1 Å². The van der Waals surface area contributed by atoms with Gasteiger partial charge in [-0.3, -0.25) is 0 Å². The molecular weight excluding hydrogens is 250 g/mol. The van der Waals surface area contributed by atoms with Gasteiger partial charge >= 0.3 is 0 Å². The maximum Gasteiger partial charge on any atom is 0.232 e. The molecule has 0 unspecified atom stereocenters. The first-order valence-corrected chi connectivity index (χ1v) is 6.98. The third-order valence-electron chi connectivity index (χ3n) is 3.29. The van der Waals surface area contributed by atoms with E-state index in [9.17, 15) is 0 Å². The van der Waals surface area contributed by atoms with Crippen LogP contribution in [0.25, 0.3) is 0 Å². The van der Waals surface area contributed by atoms with Crippen LogP contribution in [-0.4, -0.2) is 29.6 Å². The van der Waals surface area contributed by atoms with E-state index in [-0.39, 0.29) is 0 Å². The highest BCUT2D eigenvalue weighted by atomic mass is 15.3. The minimum absolute atomic E-state index is 0.759. The van der Waals surface area contributed by atoms with Crippen molar-refractivity contribution in [3.8, 4) is 0 Å². The number of fused-ring (bicyclic) bond motifs is 1. The fourth-order valence-corrected chi connectivity index (χ4v) is 2.43. The molecular formula is C15H19N5. The average Bonchev–Trinajstić information content (AvgIpc) is 2.46. The number of hydrogen-bond acceptors (Lipinski definition) is 5. The number of nitrogens with zero attached hydrogens (tertiary/aromatic N) is 3. The van der Waals surface area contributed by atoms with Crippen LogP contribution in [0.3, 0.4) is 0 Å². The van der Waals surface area contributed by atoms with Crippen molar-refractivity contribution in [2.45, 2.75) is 13.8 Å². The van der Waals surface area contributed by atoms with Crippen LogP contribution in [0.4, 0.5) is 23.1 Å². The molecule has 1 aliphatic heterocycles. The molecule has 5 heteroatoms. The first-order chi connectivity index (χ1) is 9.78. The molecule has 0 spiro atoms. The molecule has 0 atom stereocenters. The van der Waals surface area contributed by atoms with Crippen LogP contribution in [0.5, 0.6) is 0 Å². The van der Waals surface area contributed by atoms with Gasteiger partial charge in [-0.15, -0.1) is 0 Å². The Morgan fingerprint density at radius 3 is 3.00 bits per heavy atom. The lowest BCUT2D eigenvalue weighted by atomic mass is 10.2. The number of anilines is 4. The van der Waals surface area contributed by atoms with E-state index in [1.54, 1.807) is 0 Å². The summed E-state index contributed by atoms with van der Waals surface area (Å²) >= 11 is 0. The second-order valence-corrected chi connectivity index (χ2v) is 4.82. The molecule has 1 aromatic heterocycles. The van der Waals surface area contributed by atoms with E-state index < -0.39 is 0 Å². The summed E-state index contributed by atoms with van der Waals surface area (Å²) in [7, 11) is 0. The van der Waals surface area contributed by atoms with Crippen molar-refractivity contribution in [3.63, 3.8) is 0 Å². The molecule has 1 aromatic carbocycles. The zero-order chi connectivity index (χ0) is 13.9. The molecule has 104 valence electrons. The van der Waals surface area contributed by atoms with E-state index in [4.69, 9.17) is 0 Å². The maximum atomic E-state index is 4.62. The molecule has 2 N–H and O–H groups in total. The van der Waals surface area contributed by atoms with E-state index in [1.165, 1.54) is 0 Å². The molecule has 0 radical (unpaired) electrons. The minimum Gasteiger partial charge on any atom is -0.382 e. The van der Waals surface area contributed by atoms with E-state index in [1.807, 2.05) is 25.1 Å². The summed E-state index contributed by atoms with van der Waals surface area (Å²) in [5.74, 6) is 1.64. The predicted octanol–water partition coefficient (Wildman–Crippen LogP) is 2.78. The molecule has 0 aliphatic carbocycles. The van der Waals surface area contributed by atoms with Crippen molar-refractivity contribution < 1.29 is 0 Å². The summed E-state index contributed by atoms with van der Waals surface area (Å²) in [5.41, 5.74) is 3.24. The smallest absolute Gasteiger partial charge is 0.232 e. The molecule has 0 bridgehead atoms. The van der Waals surface area contributed by atoms with E-state index >= 15 is 0 Å². The highest BCUT2D eigenvalue weighted by molar-refractivity contribution is 5.76. The number of hydrogen-bond donors (Lipinski definition) is 2. The summed E-state index contributed by atoms with van der Waals surface area (Å²) in [6, 6.07) is 10.2. The van der Waals surface area contributed by atoms with Gasteiger partial charge in [0.25, 0.3) is 0 Å². The second kappa shape index (κ2) is 5.36. The van der Waals surface area contributed by atoms with Gasteiger partial charge in [-0.2, -0.15) is 4.98 Å². The van der Waals surface area contributed by atoms with Gasteiger partial charge in [-0.1, -0.05) is 12.1 Å². The molecule has 3 rings (SSSR count). The van der Waals surface area contributed by atoms with Gasteiger partial charge in [0.2, 0.25) is 5.95 Å². The van der Waals surface area contributed by atoms with Crippen molar-refractivity contribution >= 4 is 23.1 Å². The minimum atomic E-state index is 0.759. The number of nitrogens with one attached hydrogen (secondary N) is 2. The standard InChI is InChI=1S/C15H19N5/c1-3-16-14-10-11(2)18-15(19-14)20-9-8-17-12-6-4-5-7-13(12)20/h4-7,10,17H,3,8-9H2,1-2H3,(H,16,18,19). The fourth-order valence-electron chi connectivity index (χ4n) is 2.43. The second-order valence-electron chi connectivity index (χ2n) is 4.82. The lowest BCUT2D eigenvalue weighted by molar-refractivity contribution is 0.876. The number of benzene rings is 1. The summed E-state index contributed by atoms with van der Waals surface area (Å²) < 4.78 is 0. The van der Waals surface area contributed by atoms with Gasteiger partial charge in [0.05, 0.1) is 11.4 Å². The zero-order valence-electron chi connectivity index (χ0n) is 11.8. The largest absolute Gasteiger partial charge is 0.382 e. The summed E-state index contributed by atoms with van der Waals surface area (Å²) in [6.07, 6.45) is 0. The molecule has 2 aromatic rings. The summed E-state index contributed by atoms with van der Waals surface area (Å²) in [6.45, 7) is 6.68. The van der Waals surface area contributed by atoms with Crippen molar-refractivity contribution in [1.29, 1.82) is 0 Å². The first kappa shape index (κ1) is 12.7. The van der Waals surface area contributed by atoms with E-state index in [0.29, 0.717) is 0 Å². The Kier molecular flexibility index (Phi) is 3.41. The first-order valence-electron chi connectivity index (χ1n) is 6.98. The Balaban J connectivity index is 2.01. The number of aryl methyl sites for hydroxylation is 1. The Labute approximate surface area is 119 Å². The van der Waals surface area contributed by atoms with Crippen LogP contribution < -0.4 is 15.5 Å². The molecule has 20 heavy (non-hydrogen) atoms. The molecule has 0 fully saturated rings. The lowest BCUT2D eigenvalue weighted by Gasteiger charge is -2.30. The van der Waals surface area contributed by atoms with Crippen LogP contribution in [0.1, 0.15) is 12.6 Å². The number of rotatable bonds is 3. The van der Waals surface area contributed by atoms with Crippen LogP contribution >= 0.6 is 0 Å². The molecule has 5 nitrogen and oxygen atoms in total. The highest BCUT2D eigenvalue weighted by Gasteiger charge is 2.20. The van der Waals surface area contributed by atoms with Crippen molar-refractivity contribution in [2.24, 2.45) is 0 Å². The summed E-state index contributed by atoms with van der Waals surface area (Å²) in [5, 5.41) is 6.66. The molecule has 2 heterocycles. The van der Waals surface area contributed by atoms with Gasteiger partial charge in [-0.25, -0.2) is 4.98 Å². The predicted molar refractivity (Wildman–Crippen MR) is 82.9 cm³/mol. The van der Waals surface area contributed by atoms with Crippen LogP contribution in [0, 0.1) is 6.92 Å². The van der Waals surface area contributed by atoms with Crippen LogP contribution in [-0.2, 0) is 0 Å². The molecule has 0 saturated heterocycles. The zero-order valence-corrected chi connectivity index (χ0v) is 11.8. The average molecular weight is 269 g/mol. The molecule has 0 amide bonds. The molecule has 0 saturated carbocycles. The van der Waals surface area contributed by atoms with E-state index in [0.717, 1.165) is 48.5 Å². The van der Waals surface area contributed by atoms with Crippen molar-refractivity contribution in [2.75, 3.05) is 35.2 Å². The van der Waals surface area contributed by atoms with Gasteiger partial charge < -0.3 is 15.5 Å². The van der Waals surface area contributed by atoms with Gasteiger partial charge in [0, 0.05) is 31.4 Å². The quantitative estimate of drug-likeness (QED) is 0.897. The Hall–Kier alpha value is -2.30. The maximum absolute atomic E-state index is 4.62. The SMILES string of the molecule is CCNc1cc(C)nc(N2CCNc3ccccc32)n1. The van der Waals surface area contributed by atoms with Crippen molar-refractivity contribution in [3.05, 3.63) is 36.0 Å². The van der Waals surface area contributed by atoms with Gasteiger partial charge in [-0.05, 0) is 26.0 Å². The van der Waals surface area contributed by atoms with Crippen LogP contribution in [0.15, 0.2) is 30.3 Å². The monoisotopic (exact) mass is 269 g/mol. The van der Waals surface area contributed by atoms with Gasteiger partial charge in [0.1, 0.15) is 5.82 Å². The Morgan fingerprint density at radius 2 is 2.15 bits per heavy atom. The van der Waals surface area contributed by atoms with Crippen molar-refractivity contribution in [1.82, 2.24) is 9.97 Å². The highest BCUT2D eigenvalue weighted by Crippen LogP contribution is 2.32. The Morgan fingerprint density at radius 1 is 1.30 bits per heavy atom.